The molecule has 0 aromatic heterocycles. The average Bonchev–Trinajstić information content (AvgIpc) is 2.91. The monoisotopic (exact) mass is 355 g/mol. The molecule has 3 rings (SSSR count). The highest BCUT2D eigenvalue weighted by atomic mass is 16.6. The number of carbonyl (C=O) groups is 2. The molecule has 0 aliphatic heterocycles. The Morgan fingerprint density at radius 2 is 1.65 bits per heavy atom. The van der Waals surface area contributed by atoms with Crippen molar-refractivity contribution in [2.75, 3.05) is 6.54 Å². The van der Waals surface area contributed by atoms with Gasteiger partial charge in [-0.05, 0) is 18.1 Å². The number of amides is 1. The molecule has 1 aliphatic rings. The minimum atomic E-state index is -0.685. The lowest BCUT2D eigenvalue weighted by atomic mass is 9.97. The Kier molecular flexibility index (Phi) is 4.21. The normalized spacial score (nSPS) is 11.7. The van der Waals surface area contributed by atoms with E-state index in [-0.39, 0.29) is 33.6 Å². The summed E-state index contributed by atoms with van der Waals surface area (Å²) in [5, 5.41) is 24.8. The van der Waals surface area contributed by atoms with Crippen LogP contribution < -0.4 is 5.32 Å². The highest BCUT2D eigenvalue weighted by molar-refractivity contribution is 6.25. The van der Waals surface area contributed by atoms with Crippen LogP contribution in [0.1, 0.15) is 39.6 Å². The van der Waals surface area contributed by atoms with Crippen LogP contribution in [0, 0.1) is 20.2 Å². The van der Waals surface area contributed by atoms with Gasteiger partial charge in [-0.3, -0.25) is 29.8 Å². The summed E-state index contributed by atoms with van der Waals surface area (Å²) in [4.78, 5) is 46.0. The third kappa shape index (κ3) is 2.69. The Labute approximate surface area is 146 Å². The molecule has 0 saturated heterocycles. The van der Waals surface area contributed by atoms with Gasteiger partial charge in [0.15, 0.2) is 5.78 Å². The second-order valence-corrected chi connectivity index (χ2v) is 5.75. The first-order valence-electron chi connectivity index (χ1n) is 7.79. The zero-order valence-corrected chi connectivity index (χ0v) is 13.6. The van der Waals surface area contributed by atoms with Gasteiger partial charge in [0.1, 0.15) is 0 Å². The zero-order chi connectivity index (χ0) is 19.0. The molecule has 26 heavy (non-hydrogen) atoms. The van der Waals surface area contributed by atoms with Crippen LogP contribution in [0.4, 0.5) is 11.4 Å². The maximum atomic E-state index is 12.6. The van der Waals surface area contributed by atoms with Crippen molar-refractivity contribution in [1.82, 2.24) is 5.32 Å². The number of ketones is 1. The van der Waals surface area contributed by atoms with Crippen molar-refractivity contribution >= 4 is 23.1 Å². The molecule has 0 fully saturated rings. The number of nitro benzene ring substituents is 2. The fourth-order valence-electron chi connectivity index (χ4n) is 2.91. The predicted octanol–water partition coefficient (Wildman–Crippen LogP) is 2.85. The molecule has 1 amide bonds. The molecule has 2 aromatic rings. The molecule has 9 heteroatoms. The van der Waals surface area contributed by atoms with Gasteiger partial charge < -0.3 is 5.32 Å². The molecule has 0 bridgehead atoms. The van der Waals surface area contributed by atoms with Crippen LogP contribution in [0.5, 0.6) is 0 Å². The van der Waals surface area contributed by atoms with Gasteiger partial charge in [-0.25, -0.2) is 0 Å². The number of hydrogen-bond acceptors (Lipinski definition) is 6. The first-order chi connectivity index (χ1) is 12.3. The Morgan fingerprint density at radius 3 is 2.27 bits per heavy atom. The first-order valence-corrected chi connectivity index (χ1v) is 7.79. The largest absolute Gasteiger partial charge is 0.352 e. The van der Waals surface area contributed by atoms with Crippen LogP contribution in [0.25, 0.3) is 11.1 Å². The fraction of sp³-hybridized carbons (Fsp3) is 0.176. The van der Waals surface area contributed by atoms with Gasteiger partial charge >= 0.3 is 0 Å². The van der Waals surface area contributed by atoms with Crippen molar-refractivity contribution in [3.05, 3.63) is 67.3 Å². The summed E-state index contributed by atoms with van der Waals surface area (Å²) < 4.78 is 0. The van der Waals surface area contributed by atoms with Gasteiger partial charge in [0, 0.05) is 47.5 Å². The molecule has 0 heterocycles. The minimum absolute atomic E-state index is 0.00334. The third-order valence-corrected chi connectivity index (χ3v) is 4.09. The van der Waals surface area contributed by atoms with Crippen LogP contribution >= 0.6 is 0 Å². The van der Waals surface area contributed by atoms with Gasteiger partial charge in [-0.1, -0.05) is 6.92 Å². The average molecular weight is 355 g/mol. The van der Waals surface area contributed by atoms with Gasteiger partial charge in [0.25, 0.3) is 17.3 Å². The summed E-state index contributed by atoms with van der Waals surface area (Å²) in [6, 6.07) is 5.96. The van der Waals surface area contributed by atoms with E-state index < -0.39 is 21.5 Å². The van der Waals surface area contributed by atoms with Crippen LogP contribution in [0.2, 0.25) is 0 Å². The van der Waals surface area contributed by atoms with E-state index in [0.29, 0.717) is 18.5 Å². The standard InChI is InChI=1S/C17H13N3O6/c1-2-5-18-17(22)14-8-10(20(25)26)7-13-15(14)11-4-3-9(19(23)24)6-12(11)16(13)21/h3-4,6-8H,2,5H2,1H3,(H,18,22). The molecule has 0 saturated carbocycles. The van der Waals surface area contributed by atoms with Gasteiger partial charge in [-0.2, -0.15) is 0 Å². The van der Waals surface area contributed by atoms with Crippen LogP contribution in [0.3, 0.4) is 0 Å². The molecule has 0 unspecified atom stereocenters. The van der Waals surface area contributed by atoms with Crippen molar-refractivity contribution in [3.63, 3.8) is 0 Å². The summed E-state index contributed by atoms with van der Waals surface area (Å²) in [6.45, 7) is 2.23. The van der Waals surface area contributed by atoms with Crippen molar-refractivity contribution in [1.29, 1.82) is 0 Å². The Morgan fingerprint density at radius 1 is 1.00 bits per heavy atom. The van der Waals surface area contributed by atoms with Crippen LogP contribution in [0.15, 0.2) is 30.3 Å². The summed E-state index contributed by atoms with van der Waals surface area (Å²) in [7, 11) is 0. The Bertz CT molecular complexity index is 983. The van der Waals surface area contributed by atoms with E-state index in [2.05, 4.69) is 5.32 Å². The van der Waals surface area contributed by atoms with E-state index in [1.165, 1.54) is 12.1 Å². The smallest absolute Gasteiger partial charge is 0.271 e. The summed E-state index contributed by atoms with van der Waals surface area (Å²) in [5.74, 6) is -1.11. The van der Waals surface area contributed by atoms with Crippen LogP contribution in [-0.2, 0) is 0 Å². The number of non-ortho nitro benzene ring substituents is 2. The lowest BCUT2D eigenvalue weighted by Crippen LogP contribution is -2.24. The molecule has 0 atom stereocenters. The molecular formula is C17H13N3O6. The number of rotatable bonds is 5. The summed E-state index contributed by atoms with van der Waals surface area (Å²) in [5.41, 5.74) is 0.0166. The van der Waals surface area contributed by atoms with E-state index in [0.717, 1.165) is 18.2 Å². The van der Waals surface area contributed by atoms with Gasteiger partial charge in [0.05, 0.1) is 15.4 Å². The lowest BCUT2D eigenvalue weighted by Gasteiger charge is -2.09. The number of benzene rings is 2. The molecule has 1 N–H and O–H groups in total. The van der Waals surface area contributed by atoms with Crippen molar-refractivity contribution in [3.8, 4) is 11.1 Å². The maximum absolute atomic E-state index is 12.6. The van der Waals surface area contributed by atoms with Crippen LogP contribution in [-0.4, -0.2) is 28.1 Å². The fourth-order valence-corrected chi connectivity index (χ4v) is 2.91. The molecule has 9 nitrogen and oxygen atoms in total. The molecule has 0 spiro atoms. The Balaban J connectivity index is 2.24. The Hall–Kier alpha value is -3.62. The summed E-state index contributed by atoms with van der Waals surface area (Å²) >= 11 is 0. The number of fused-ring (bicyclic) bond motifs is 3. The lowest BCUT2D eigenvalue weighted by molar-refractivity contribution is -0.385. The van der Waals surface area contributed by atoms with E-state index in [1.807, 2.05) is 6.92 Å². The highest BCUT2D eigenvalue weighted by Gasteiger charge is 2.34. The molecule has 2 aromatic carbocycles. The number of nitrogens with one attached hydrogen (secondary N) is 1. The van der Waals surface area contributed by atoms with E-state index in [9.17, 15) is 29.8 Å². The zero-order valence-electron chi connectivity index (χ0n) is 13.6. The molecule has 132 valence electrons. The molecule has 1 aliphatic carbocycles. The van der Waals surface area contributed by atoms with E-state index in [1.54, 1.807) is 0 Å². The predicted molar refractivity (Wildman–Crippen MR) is 91.2 cm³/mol. The molecule has 0 radical (unpaired) electrons. The second-order valence-electron chi connectivity index (χ2n) is 5.75. The summed E-state index contributed by atoms with van der Waals surface area (Å²) in [6.07, 6.45) is 0.671. The first kappa shape index (κ1) is 17.2. The molecular weight excluding hydrogens is 342 g/mol. The number of hydrogen-bond donors (Lipinski definition) is 1. The number of nitro groups is 2. The topological polar surface area (TPSA) is 132 Å². The second kappa shape index (κ2) is 6.36. The van der Waals surface area contributed by atoms with E-state index >= 15 is 0 Å². The number of nitrogens with zero attached hydrogens (tertiary/aromatic N) is 2. The maximum Gasteiger partial charge on any atom is 0.271 e. The van der Waals surface area contributed by atoms with Crippen molar-refractivity contribution in [2.45, 2.75) is 13.3 Å². The van der Waals surface area contributed by atoms with Gasteiger partial charge in [-0.15, -0.1) is 0 Å². The quantitative estimate of drug-likeness (QED) is 0.553. The minimum Gasteiger partial charge on any atom is -0.352 e. The van der Waals surface area contributed by atoms with Crippen molar-refractivity contribution in [2.24, 2.45) is 0 Å². The number of carbonyl (C=O) groups excluding carboxylic acids is 2. The van der Waals surface area contributed by atoms with E-state index in [4.69, 9.17) is 0 Å². The highest BCUT2D eigenvalue weighted by Crippen LogP contribution is 2.42. The SMILES string of the molecule is CCCNC(=O)c1cc([N+](=O)[O-])cc2c1-c1ccc([N+](=O)[O-])cc1C2=O. The van der Waals surface area contributed by atoms with Gasteiger partial charge in [0.2, 0.25) is 0 Å². The van der Waals surface area contributed by atoms with Crippen molar-refractivity contribution < 1.29 is 19.4 Å². The third-order valence-electron chi connectivity index (χ3n) is 4.09.